The second-order valence-corrected chi connectivity index (χ2v) is 3.67. The molecule has 0 saturated heterocycles. The fourth-order valence-electron chi connectivity index (χ4n) is 1.02. The number of aliphatic hydroxyl groups excluding tert-OH is 1. The van der Waals surface area contributed by atoms with Crippen molar-refractivity contribution in [3.8, 4) is 0 Å². The average Bonchev–Trinajstić information content (AvgIpc) is 2.12. The molecule has 6 heteroatoms. The molecule has 0 aliphatic heterocycles. The Hall–Kier alpha value is -1.14. The molecule has 0 spiro atoms. The second kappa shape index (κ2) is 6.36. The summed E-state index contributed by atoms with van der Waals surface area (Å²) in [4.78, 5) is 21.9. The lowest BCUT2D eigenvalue weighted by Gasteiger charge is -2.18. The lowest BCUT2D eigenvalue weighted by atomic mass is 10.1. The lowest BCUT2D eigenvalue weighted by Crippen LogP contribution is -2.48. The first-order valence-electron chi connectivity index (χ1n) is 4.78. The summed E-state index contributed by atoms with van der Waals surface area (Å²) in [5.41, 5.74) is 5.33. The van der Waals surface area contributed by atoms with Crippen LogP contribution in [0, 0.1) is 5.92 Å². The zero-order valence-corrected chi connectivity index (χ0v) is 8.93. The van der Waals surface area contributed by atoms with Gasteiger partial charge in [-0.15, -0.1) is 0 Å². The quantitative estimate of drug-likeness (QED) is 0.453. The number of carboxylic acid groups (broad SMARTS) is 1. The van der Waals surface area contributed by atoms with E-state index in [0.29, 0.717) is 6.54 Å². The Morgan fingerprint density at radius 3 is 2.27 bits per heavy atom. The van der Waals surface area contributed by atoms with Gasteiger partial charge in [0.2, 0.25) is 5.91 Å². The summed E-state index contributed by atoms with van der Waals surface area (Å²) in [6.45, 7) is 3.46. The van der Waals surface area contributed by atoms with Gasteiger partial charge < -0.3 is 21.3 Å². The second-order valence-electron chi connectivity index (χ2n) is 3.67. The van der Waals surface area contributed by atoms with E-state index in [1.54, 1.807) is 6.92 Å². The van der Waals surface area contributed by atoms with Crippen molar-refractivity contribution in [3.05, 3.63) is 0 Å². The molecule has 0 rings (SSSR count). The van der Waals surface area contributed by atoms with Crippen molar-refractivity contribution in [3.63, 3.8) is 0 Å². The van der Waals surface area contributed by atoms with Crippen molar-refractivity contribution in [1.82, 2.24) is 5.32 Å². The van der Waals surface area contributed by atoms with Crippen LogP contribution in [-0.4, -0.2) is 40.8 Å². The van der Waals surface area contributed by atoms with E-state index in [1.165, 1.54) is 6.92 Å². The summed E-state index contributed by atoms with van der Waals surface area (Å²) in [5, 5.41) is 20.0. The highest BCUT2D eigenvalue weighted by atomic mass is 16.4. The Kier molecular flexibility index (Phi) is 5.88. The third-order valence-corrected chi connectivity index (χ3v) is 2.00. The van der Waals surface area contributed by atoms with E-state index in [9.17, 15) is 9.59 Å². The van der Waals surface area contributed by atoms with E-state index in [-0.39, 0.29) is 12.3 Å². The maximum Gasteiger partial charge on any atom is 0.328 e. The smallest absolute Gasteiger partial charge is 0.328 e. The number of hydrogen-bond acceptors (Lipinski definition) is 4. The van der Waals surface area contributed by atoms with Crippen LogP contribution in [0.4, 0.5) is 0 Å². The molecule has 0 fully saturated rings. The highest BCUT2D eigenvalue weighted by molar-refractivity contribution is 5.84. The highest BCUT2D eigenvalue weighted by Crippen LogP contribution is 2.00. The Morgan fingerprint density at radius 1 is 1.40 bits per heavy atom. The number of amides is 1. The third-order valence-electron chi connectivity index (χ3n) is 2.00. The summed E-state index contributed by atoms with van der Waals surface area (Å²) in [7, 11) is 0. The molecular formula is C9H18N2O4. The van der Waals surface area contributed by atoms with Crippen molar-refractivity contribution in [2.45, 2.75) is 32.4 Å². The predicted octanol–water partition coefficient (Wildman–Crippen LogP) is -1.08. The number of nitrogens with two attached hydrogens (primary N) is 1. The summed E-state index contributed by atoms with van der Waals surface area (Å²) in [5.74, 6) is -1.67. The van der Waals surface area contributed by atoms with Crippen LogP contribution in [0.3, 0.4) is 0 Å². The number of carboxylic acids is 1. The monoisotopic (exact) mass is 218 g/mol. The van der Waals surface area contributed by atoms with Crippen LogP contribution < -0.4 is 11.1 Å². The molecule has 3 unspecified atom stereocenters. The minimum absolute atomic E-state index is 0.00607. The number of hydrogen-bond donors (Lipinski definition) is 4. The molecule has 0 saturated carbocycles. The van der Waals surface area contributed by atoms with Gasteiger partial charge in [0, 0.05) is 6.42 Å². The topological polar surface area (TPSA) is 113 Å². The Bertz CT molecular complexity index is 230. The summed E-state index contributed by atoms with van der Waals surface area (Å²) < 4.78 is 0. The van der Waals surface area contributed by atoms with Gasteiger partial charge >= 0.3 is 5.97 Å². The number of carbonyl (C=O) groups is 2. The van der Waals surface area contributed by atoms with Gasteiger partial charge in [-0.25, -0.2) is 4.79 Å². The van der Waals surface area contributed by atoms with E-state index in [2.05, 4.69) is 5.32 Å². The maximum atomic E-state index is 11.3. The Morgan fingerprint density at radius 2 is 1.93 bits per heavy atom. The number of nitrogens with one attached hydrogen (secondary N) is 1. The number of aliphatic carboxylic acids is 1. The van der Waals surface area contributed by atoms with Gasteiger partial charge in [0.25, 0.3) is 0 Å². The van der Waals surface area contributed by atoms with E-state index in [0.717, 1.165) is 0 Å². The lowest BCUT2D eigenvalue weighted by molar-refractivity contribution is -0.144. The molecular weight excluding hydrogens is 200 g/mol. The number of rotatable bonds is 6. The molecule has 0 radical (unpaired) electrons. The molecule has 0 aliphatic rings. The molecule has 1 amide bonds. The largest absolute Gasteiger partial charge is 0.480 e. The van der Waals surface area contributed by atoms with Crippen LogP contribution in [0.25, 0.3) is 0 Å². The summed E-state index contributed by atoms with van der Waals surface area (Å²) in [6, 6.07) is -1.26. The molecule has 5 N–H and O–H groups in total. The molecule has 0 bridgehead atoms. The van der Waals surface area contributed by atoms with Crippen LogP contribution in [0.5, 0.6) is 0 Å². The van der Waals surface area contributed by atoms with Gasteiger partial charge in [0.15, 0.2) is 6.04 Å². The van der Waals surface area contributed by atoms with Gasteiger partial charge in [-0.1, -0.05) is 6.92 Å². The van der Waals surface area contributed by atoms with Crippen molar-refractivity contribution in [1.29, 1.82) is 0 Å². The van der Waals surface area contributed by atoms with E-state index >= 15 is 0 Å². The van der Waals surface area contributed by atoms with Gasteiger partial charge in [0.1, 0.15) is 0 Å². The number of aliphatic hydroxyl groups is 1. The fraction of sp³-hybridized carbons (Fsp3) is 0.778. The van der Waals surface area contributed by atoms with E-state index in [4.69, 9.17) is 15.9 Å². The van der Waals surface area contributed by atoms with E-state index < -0.39 is 24.0 Å². The molecule has 0 aromatic rings. The highest BCUT2D eigenvalue weighted by Gasteiger charge is 2.25. The van der Waals surface area contributed by atoms with Gasteiger partial charge in [-0.2, -0.15) is 0 Å². The molecule has 3 atom stereocenters. The first kappa shape index (κ1) is 13.9. The van der Waals surface area contributed by atoms with Gasteiger partial charge in [-0.3, -0.25) is 4.79 Å². The molecule has 88 valence electrons. The molecule has 0 aliphatic carbocycles. The first-order chi connectivity index (χ1) is 6.88. The molecule has 6 nitrogen and oxygen atoms in total. The zero-order chi connectivity index (χ0) is 12.0. The summed E-state index contributed by atoms with van der Waals surface area (Å²) in [6.07, 6.45) is -0.966. The van der Waals surface area contributed by atoms with Crippen LogP contribution in [0.15, 0.2) is 0 Å². The number of carbonyl (C=O) groups excluding carboxylic acids is 1. The van der Waals surface area contributed by atoms with Crippen molar-refractivity contribution >= 4 is 11.9 Å². The SMILES string of the molecule is CC(CN)CC(=O)NC(C(=O)O)C(C)O. The normalized spacial score (nSPS) is 16.5. The van der Waals surface area contributed by atoms with Gasteiger partial charge in [0.05, 0.1) is 6.10 Å². The Labute approximate surface area is 88.5 Å². The van der Waals surface area contributed by atoms with Crippen molar-refractivity contribution < 1.29 is 19.8 Å². The maximum absolute atomic E-state index is 11.3. The zero-order valence-electron chi connectivity index (χ0n) is 8.93. The molecule has 0 heterocycles. The van der Waals surface area contributed by atoms with Crippen LogP contribution in [-0.2, 0) is 9.59 Å². The standard InChI is InChI=1S/C9H18N2O4/c1-5(4-10)3-7(13)11-8(6(2)12)9(14)15/h5-6,8,12H,3-4,10H2,1-2H3,(H,11,13)(H,14,15). The summed E-state index contributed by atoms with van der Waals surface area (Å²) >= 11 is 0. The van der Waals surface area contributed by atoms with E-state index in [1.807, 2.05) is 0 Å². The minimum atomic E-state index is -1.26. The van der Waals surface area contributed by atoms with Crippen molar-refractivity contribution in [2.75, 3.05) is 6.54 Å². The average molecular weight is 218 g/mol. The first-order valence-corrected chi connectivity index (χ1v) is 4.78. The molecule has 0 aromatic heterocycles. The third kappa shape index (κ3) is 5.34. The van der Waals surface area contributed by atoms with Crippen LogP contribution in [0.1, 0.15) is 20.3 Å². The molecule has 15 heavy (non-hydrogen) atoms. The Balaban J connectivity index is 4.18. The molecule has 0 aromatic carbocycles. The van der Waals surface area contributed by atoms with Crippen LogP contribution in [0.2, 0.25) is 0 Å². The van der Waals surface area contributed by atoms with Crippen LogP contribution >= 0.6 is 0 Å². The van der Waals surface area contributed by atoms with Gasteiger partial charge in [-0.05, 0) is 19.4 Å². The predicted molar refractivity (Wildman–Crippen MR) is 54.1 cm³/mol. The van der Waals surface area contributed by atoms with Crippen molar-refractivity contribution in [2.24, 2.45) is 11.7 Å². The minimum Gasteiger partial charge on any atom is -0.480 e. The fourth-order valence-corrected chi connectivity index (χ4v) is 1.02.